The van der Waals surface area contributed by atoms with Crippen molar-refractivity contribution in [2.45, 2.75) is 16.2 Å². The molecule has 0 radical (unpaired) electrons. The average Bonchev–Trinajstić information content (AvgIpc) is 3.17. The molecular formula is C15H19N5O7S3. The van der Waals surface area contributed by atoms with E-state index < -0.39 is 30.3 Å². The van der Waals surface area contributed by atoms with E-state index >= 15 is 0 Å². The number of hydrogen-bond donors (Lipinski definition) is 2. The minimum absolute atomic E-state index is 0.0125. The van der Waals surface area contributed by atoms with Crippen molar-refractivity contribution >= 4 is 48.1 Å². The highest BCUT2D eigenvalue weighted by Gasteiger charge is 2.28. The molecule has 0 saturated carbocycles. The van der Waals surface area contributed by atoms with E-state index in [1.54, 1.807) is 0 Å². The fourth-order valence-corrected chi connectivity index (χ4v) is 6.01. The quantitative estimate of drug-likeness (QED) is 0.536. The minimum Gasteiger partial charge on any atom is -0.495 e. The van der Waals surface area contributed by atoms with E-state index in [1.165, 1.54) is 36.5 Å². The molecule has 1 fully saturated rings. The number of ether oxygens (including phenoxy) is 2. The van der Waals surface area contributed by atoms with E-state index in [-0.39, 0.29) is 47.8 Å². The molecule has 164 valence electrons. The van der Waals surface area contributed by atoms with Crippen LogP contribution in [0.25, 0.3) is 0 Å². The Balaban J connectivity index is 1.92. The first-order valence-corrected chi connectivity index (χ1v) is 12.3. The number of nitrogens with zero attached hydrogens (tertiary/aromatic N) is 3. The molecule has 12 nitrogen and oxygen atoms in total. The van der Waals surface area contributed by atoms with Gasteiger partial charge in [-0.15, -0.1) is 10.2 Å². The fourth-order valence-electron chi connectivity index (χ4n) is 2.57. The number of nitrogens with one attached hydrogen (secondary N) is 2. The summed E-state index contributed by atoms with van der Waals surface area (Å²) < 4.78 is 64.6. The van der Waals surface area contributed by atoms with E-state index in [9.17, 15) is 21.6 Å². The van der Waals surface area contributed by atoms with Crippen LogP contribution in [0, 0.1) is 0 Å². The Morgan fingerprint density at radius 2 is 1.90 bits per heavy atom. The van der Waals surface area contributed by atoms with Gasteiger partial charge in [-0.1, -0.05) is 11.3 Å². The van der Waals surface area contributed by atoms with Crippen LogP contribution in [0.2, 0.25) is 0 Å². The maximum Gasteiger partial charge on any atom is 0.291 e. The molecule has 1 aromatic carbocycles. The zero-order valence-electron chi connectivity index (χ0n) is 16.0. The standard InChI is InChI=1S/C15H19N5O7S3/c1-10(21)16-14-17-18-15(28-14)29(22,23)19-12-9-11(3-4-13(12)26-2)30(24,25)20-5-7-27-8-6-20/h3-4,9,19H,5-8H2,1-2H3,(H,16,17,21). The smallest absolute Gasteiger partial charge is 0.291 e. The molecule has 15 heteroatoms. The predicted molar refractivity (Wildman–Crippen MR) is 108 cm³/mol. The minimum atomic E-state index is -4.21. The Bertz CT molecular complexity index is 1140. The Kier molecular flexibility index (Phi) is 6.56. The van der Waals surface area contributed by atoms with Crippen molar-refractivity contribution < 1.29 is 31.1 Å². The van der Waals surface area contributed by atoms with Crippen LogP contribution in [0.4, 0.5) is 10.8 Å². The number of morpholine rings is 1. The Labute approximate surface area is 177 Å². The number of anilines is 2. The van der Waals surface area contributed by atoms with E-state index in [0.717, 1.165) is 0 Å². The average molecular weight is 478 g/mol. The van der Waals surface area contributed by atoms with Crippen molar-refractivity contribution in [1.82, 2.24) is 14.5 Å². The van der Waals surface area contributed by atoms with E-state index in [4.69, 9.17) is 9.47 Å². The van der Waals surface area contributed by atoms with Crippen molar-refractivity contribution in [2.75, 3.05) is 43.5 Å². The Morgan fingerprint density at radius 3 is 2.53 bits per heavy atom. The van der Waals surface area contributed by atoms with Gasteiger partial charge in [-0.2, -0.15) is 12.7 Å². The summed E-state index contributed by atoms with van der Waals surface area (Å²) in [6.45, 7) is 2.21. The highest BCUT2D eigenvalue weighted by molar-refractivity contribution is 7.94. The van der Waals surface area contributed by atoms with Crippen molar-refractivity contribution in [3.63, 3.8) is 0 Å². The molecule has 2 aromatic rings. The summed E-state index contributed by atoms with van der Waals surface area (Å²) >= 11 is 0.648. The van der Waals surface area contributed by atoms with Crippen LogP contribution in [0.3, 0.4) is 0 Å². The van der Waals surface area contributed by atoms with Gasteiger partial charge in [-0.05, 0) is 18.2 Å². The summed E-state index contributed by atoms with van der Waals surface area (Å²) in [5.41, 5.74) is -0.0805. The Hall–Kier alpha value is -2.33. The van der Waals surface area contributed by atoms with Crippen LogP contribution in [-0.4, -0.2) is 70.7 Å². The first-order chi connectivity index (χ1) is 14.1. The van der Waals surface area contributed by atoms with Crippen LogP contribution in [0.5, 0.6) is 5.75 Å². The summed E-state index contributed by atoms with van der Waals surface area (Å²) in [4.78, 5) is 11.0. The van der Waals surface area contributed by atoms with Gasteiger partial charge in [0.15, 0.2) is 0 Å². The number of rotatable bonds is 7. The molecule has 1 saturated heterocycles. The zero-order chi connectivity index (χ0) is 21.9. The number of carbonyl (C=O) groups is 1. The van der Waals surface area contributed by atoms with Crippen molar-refractivity contribution in [3.05, 3.63) is 18.2 Å². The SMILES string of the molecule is COc1ccc(S(=O)(=O)N2CCOCC2)cc1NS(=O)(=O)c1nnc(NC(C)=O)s1. The molecule has 1 aliphatic heterocycles. The highest BCUT2D eigenvalue weighted by atomic mass is 32.2. The number of carbonyl (C=O) groups excluding carboxylic acids is 1. The largest absolute Gasteiger partial charge is 0.495 e. The number of hydrogen-bond acceptors (Lipinski definition) is 10. The monoisotopic (exact) mass is 477 g/mol. The number of amides is 1. The molecule has 0 bridgehead atoms. The summed E-state index contributed by atoms with van der Waals surface area (Å²) in [5.74, 6) is -0.308. The van der Waals surface area contributed by atoms with Crippen LogP contribution < -0.4 is 14.8 Å². The lowest BCUT2D eigenvalue weighted by molar-refractivity contribution is -0.114. The Morgan fingerprint density at radius 1 is 1.20 bits per heavy atom. The third-order valence-corrected chi connectivity index (χ3v) is 8.41. The zero-order valence-corrected chi connectivity index (χ0v) is 18.4. The van der Waals surface area contributed by atoms with Gasteiger partial charge in [0.25, 0.3) is 14.4 Å². The number of aromatic nitrogens is 2. The normalized spacial score (nSPS) is 15.5. The van der Waals surface area contributed by atoms with Gasteiger partial charge < -0.3 is 14.8 Å². The maximum absolute atomic E-state index is 12.9. The summed E-state index contributed by atoms with van der Waals surface area (Å²) in [5, 5.41) is 9.51. The van der Waals surface area contributed by atoms with Crippen LogP contribution in [-0.2, 0) is 29.6 Å². The molecule has 0 spiro atoms. The third kappa shape index (κ3) is 4.86. The molecule has 2 heterocycles. The van der Waals surface area contributed by atoms with Crippen molar-refractivity contribution in [2.24, 2.45) is 0 Å². The lowest BCUT2D eigenvalue weighted by atomic mass is 10.3. The van der Waals surface area contributed by atoms with Crippen molar-refractivity contribution in [1.29, 1.82) is 0 Å². The molecule has 3 rings (SSSR count). The van der Waals surface area contributed by atoms with E-state index in [2.05, 4.69) is 20.2 Å². The lowest BCUT2D eigenvalue weighted by Gasteiger charge is -2.26. The first-order valence-electron chi connectivity index (χ1n) is 8.53. The maximum atomic E-state index is 12.9. The number of methoxy groups -OCH3 is 1. The molecule has 0 atom stereocenters. The molecule has 0 unspecified atom stereocenters. The number of sulfonamides is 2. The molecule has 1 aromatic heterocycles. The van der Waals surface area contributed by atoms with Gasteiger partial charge in [0.05, 0.1) is 30.9 Å². The van der Waals surface area contributed by atoms with Gasteiger partial charge >= 0.3 is 0 Å². The lowest BCUT2D eigenvalue weighted by Crippen LogP contribution is -2.40. The first kappa shape index (κ1) is 22.4. The van der Waals surface area contributed by atoms with Crippen molar-refractivity contribution in [3.8, 4) is 5.75 Å². The van der Waals surface area contributed by atoms with Gasteiger partial charge in [-0.3, -0.25) is 9.52 Å². The second kappa shape index (κ2) is 8.81. The molecular weight excluding hydrogens is 458 g/mol. The fraction of sp³-hybridized carbons (Fsp3) is 0.400. The summed E-state index contributed by atoms with van der Waals surface area (Å²) in [6, 6.07) is 3.87. The molecule has 2 N–H and O–H groups in total. The second-order valence-electron chi connectivity index (χ2n) is 6.04. The van der Waals surface area contributed by atoms with E-state index in [0.29, 0.717) is 11.3 Å². The van der Waals surface area contributed by atoms with Crippen LogP contribution >= 0.6 is 11.3 Å². The topological polar surface area (TPSA) is 157 Å². The van der Waals surface area contributed by atoms with Gasteiger partial charge in [0.2, 0.25) is 21.1 Å². The van der Waals surface area contributed by atoms with Gasteiger partial charge in [0.1, 0.15) is 5.75 Å². The van der Waals surface area contributed by atoms with Gasteiger partial charge in [-0.25, -0.2) is 8.42 Å². The molecule has 30 heavy (non-hydrogen) atoms. The third-order valence-electron chi connectivity index (χ3n) is 3.94. The highest BCUT2D eigenvalue weighted by Crippen LogP contribution is 2.32. The van der Waals surface area contributed by atoms with Crippen LogP contribution in [0.15, 0.2) is 27.4 Å². The second-order valence-corrected chi connectivity index (χ2v) is 10.8. The molecule has 1 aliphatic rings. The van der Waals surface area contributed by atoms with Gasteiger partial charge in [0, 0.05) is 20.0 Å². The molecule has 1 amide bonds. The summed E-state index contributed by atoms with van der Waals surface area (Å²) in [7, 11) is -6.74. The predicted octanol–water partition coefficient (Wildman–Crippen LogP) is 0.327. The molecule has 0 aliphatic carbocycles. The summed E-state index contributed by atoms with van der Waals surface area (Å²) in [6.07, 6.45) is 0. The number of benzene rings is 1. The van der Waals surface area contributed by atoms with Crippen LogP contribution in [0.1, 0.15) is 6.92 Å². The van der Waals surface area contributed by atoms with E-state index in [1.807, 2.05) is 0 Å².